The smallest absolute Gasteiger partial charge is 0.341 e. The Kier molecular flexibility index (Phi) is 7.35. The number of aromatic nitrogens is 2. The number of anilines is 2. The number of thiocarbonyl (C=S) groups is 1. The molecule has 0 amide bonds. The van der Waals surface area contributed by atoms with Gasteiger partial charge in [-0.2, -0.15) is 5.10 Å². The highest BCUT2D eigenvalue weighted by Crippen LogP contribution is 2.38. The maximum absolute atomic E-state index is 12.6. The molecule has 0 saturated carbocycles. The Labute approximate surface area is 205 Å². The Balaban J connectivity index is 1.47. The fraction of sp³-hybridized carbons (Fsp3) is 0.318. The molecule has 0 atom stereocenters. The number of fused-ring (bicyclic) bond motifs is 1. The fourth-order valence-electron chi connectivity index (χ4n) is 3.70. The summed E-state index contributed by atoms with van der Waals surface area (Å²) in [4.78, 5) is 13.8. The van der Waals surface area contributed by atoms with E-state index in [4.69, 9.17) is 40.2 Å². The first-order valence-corrected chi connectivity index (χ1v) is 12.3. The van der Waals surface area contributed by atoms with Crippen LogP contribution in [0.25, 0.3) is 0 Å². The van der Waals surface area contributed by atoms with Gasteiger partial charge in [0.1, 0.15) is 5.00 Å². The molecular formula is C22H22Cl2N4O2S2. The molecule has 0 aliphatic heterocycles. The normalized spacial score (nSPS) is 12.8. The summed E-state index contributed by atoms with van der Waals surface area (Å²) in [5.41, 5.74) is 3.22. The number of esters is 1. The topological polar surface area (TPSA) is 68.2 Å². The van der Waals surface area contributed by atoms with Crippen molar-refractivity contribution in [2.45, 2.75) is 39.2 Å². The van der Waals surface area contributed by atoms with Crippen LogP contribution in [0, 0.1) is 0 Å². The van der Waals surface area contributed by atoms with E-state index in [1.807, 2.05) is 13.1 Å². The lowest BCUT2D eigenvalue weighted by molar-refractivity contribution is 0.0526. The first-order valence-electron chi connectivity index (χ1n) is 10.3. The molecule has 2 N–H and O–H groups in total. The lowest BCUT2D eigenvalue weighted by atomic mass is 9.95. The average molecular weight is 509 g/mol. The van der Waals surface area contributed by atoms with Crippen LogP contribution in [0.4, 0.5) is 10.7 Å². The second-order valence-electron chi connectivity index (χ2n) is 7.34. The summed E-state index contributed by atoms with van der Waals surface area (Å²) in [6.45, 7) is 2.58. The van der Waals surface area contributed by atoms with Crippen LogP contribution < -0.4 is 10.6 Å². The maximum Gasteiger partial charge on any atom is 0.341 e. The number of carbonyl (C=O) groups is 1. The number of halogens is 2. The minimum absolute atomic E-state index is 0.304. The quantitative estimate of drug-likeness (QED) is 0.306. The number of hydrogen-bond acceptors (Lipinski definition) is 5. The van der Waals surface area contributed by atoms with Crippen LogP contribution in [0.3, 0.4) is 0 Å². The van der Waals surface area contributed by atoms with Gasteiger partial charge < -0.3 is 15.4 Å². The molecule has 32 heavy (non-hydrogen) atoms. The Morgan fingerprint density at radius 2 is 2.00 bits per heavy atom. The molecule has 0 spiro atoms. The highest BCUT2D eigenvalue weighted by atomic mass is 35.5. The second kappa shape index (κ2) is 10.2. The van der Waals surface area contributed by atoms with Gasteiger partial charge in [-0.25, -0.2) is 4.79 Å². The number of aryl methyl sites for hydroxylation is 1. The lowest BCUT2D eigenvalue weighted by Gasteiger charge is -2.13. The van der Waals surface area contributed by atoms with E-state index in [1.54, 1.807) is 40.4 Å². The molecule has 2 aromatic heterocycles. The maximum atomic E-state index is 12.6. The van der Waals surface area contributed by atoms with Gasteiger partial charge in [-0.3, -0.25) is 4.68 Å². The number of rotatable bonds is 6. The molecule has 3 aromatic rings. The highest BCUT2D eigenvalue weighted by Gasteiger charge is 2.26. The summed E-state index contributed by atoms with van der Waals surface area (Å²) < 4.78 is 7.03. The first kappa shape index (κ1) is 23.0. The van der Waals surface area contributed by atoms with Gasteiger partial charge in [-0.05, 0) is 62.5 Å². The summed E-state index contributed by atoms with van der Waals surface area (Å²) in [7, 11) is 0. The van der Waals surface area contributed by atoms with Crippen molar-refractivity contribution in [2.75, 3.05) is 17.2 Å². The monoisotopic (exact) mass is 508 g/mol. The third-order valence-electron chi connectivity index (χ3n) is 5.15. The third-order valence-corrected chi connectivity index (χ3v) is 7.27. The Hall–Kier alpha value is -2.13. The van der Waals surface area contributed by atoms with Gasteiger partial charge in [0.15, 0.2) is 5.11 Å². The van der Waals surface area contributed by atoms with Crippen molar-refractivity contribution in [1.29, 1.82) is 0 Å². The summed E-state index contributed by atoms with van der Waals surface area (Å²) in [6, 6.07) is 5.40. The van der Waals surface area contributed by atoms with Crippen molar-refractivity contribution in [2.24, 2.45) is 0 Å². The van der Waals surface area contributed by atoms with Gasteiger partial charge in [-0.1, -0.05) is 29.3 Å². The van der Waals surface area contributed by atoms with Gasteiger partial charge in [0.25, 0.3) is 0 Å². The molecule has 6 nitrogen and oxygen atoms in total. The molecule has 0 fully saturated rings. The van der Waals surface area contributed by atoms with E-state index in [0.29, 0.717) is 39.6 Å². The number of hydrogen-bond donors (Lipinski definition) is 2. The average Bonchev–Trinajstić information content (AvgIpc) is 3.34. The van der Waals surface area contributed by atoms with Crippen molar-refractivity contribution in [3.05, 3.63) is 62.2 Å². The third kappa shape index (κ3) is 5.09. The minimum atomic E-state index is -0.304. The molecule has 1 aliphatic carbocycles. The largest absolute Gasteiger partial charge is 0.462 e. The van der Waals surface area contributed by atoms with E-state index in [2.05, 4.69) is 15.7 Å². The van der Waals surface area contributed by atoms with E-state index in [1.165, 1.54) is 4.88 Å². The van der Waals surface area contributed by atoms with Gasteiger partial charge >= 0.3 is 5.97 Å². The van der Waals surface area contributed by atoms with E-state index in [-0.39, 0.29) is 5.97 Å². The van der Waals surface area contributed by atoms with Gasteiger partial charge in [0.2, 0.25) is 0 Å². The number of benzene rings is 1. The molecule has 10 heteroatoms. The van der Waals surface area contributed by atoms with Gasteiger partial charge in [0.05, 0.1) is 30.6 Å². The van der Waals surface area contributed by atoms with Crippen LogP contribution in [0.2, 0.25) is 10.0 Å². The number of nitrogens with zero attached hydrogens (tertiary/aromatic N) is 2. The van der Waals surface area contributed by atoms with Crippen LogP contribution in [0.15, 0.2) is 30.6 Å². The molecular weight excluding hydrogens is 487 g/mol. The molecule has 2 heterocycles. The van der Waals surface area contributed by atoms with Crippen LogP contribution in [0.1, 0.15) is 46.1 Å². The molecule has 0 saturated heterocycles. The van der Waals surface area contributed by atoms with Crippen LogP contribution in [-0.2, 0) is 24.1 Å². The van der Waals surface area contributed by atoms with E-state index in [9.17, 15) is 4.79 Å². The summed E-state index contributed by atoms with van der Waals surface area (Å²) in [5, 5.41) is 13.0. The van der Waals surface area contributed by atoms with Gasteiger partial charge in [-0.15, -0.1) is 11.3 Å². The van der Waals surface area contributed by atoms with Gasteiger partial charge in [0, 0.05) is 26.7 Å². The van der Waals surface area contributed by atoms with E-state index in [0.717, 1.165) is 41.8 Å². The lowest BCUT2D eigenvalue weighted by Crippen LogP contribution is -2.20. The standard InChI is InChI=1S/C22H22Cl2N4O2S2/c1-2-30-21(29)19-14-6-3-4-9-18(14)32-20(19)27-22(31)26-13-10-25-28(11-13)12-15-16(23)7-5-8-17(15)24/h5,7-8,10-11H,2-4,6,9,12H2,1H3,(H2,26,27,31). The van der Waals surface area contributed by atoms with E-state index >= 15 is 0 Å². The van der Waals surface area contributed by atoms with Crippen molar-refractivity contribution >= 4 is 68.5 Å². The zero-order chi connectivity index (χ0) is 22.7. The number of thiophene rings is 1. The Morgan fingerprint density at radius 3 is 2.75 bits per heavy atom. The Morgan fingerprint density at radius 1 is 1.25 bits per heavy atom. The summed E-state index contributed by atoms with van der Waals surface area (Å²) in [6.07, 6.45) is 7.56. The Bertz CT molecular complexity index is 1140. The molecule has 168 valence electrons. The zero-order valence-corrected chi connectivity index (χ0v) is 20.6. The predicted octanol–water partition coefficient (Wildman–Crippen LogP) is 6.16. The molecule has 4 rings (SSSR count). The molecule has 0 unspecified atom stereocenters. The molecule has 1 aliphatic rings. The second-order valence-corrected chi connectivity index (χ2v) is 9.67. The van der Waals surface area contributed by atoms with Crippen molar-refractivity contribution in [1.82, 2.24) is 9.78 Å². The summed E-state index contributed by atoms with van der Waals surface area (Å²) in [5.74, 6) is -0.304. The minimum Gasteiger partial charge on any atom is -0.462 e. The van der Waals surface area contributed by atoms with Crippen molar-refractivity contribution < 1.29 is 9.53 Å². The predicted molar refractivity (Wildman–Crippen MR) is 135 cm³/mol. The fourth-order valence-corrected chi connectivity index (χ4v) is 5.78. The van der Waals surface area contributed by atoms with Crippen LogP contribution in [0.5, 0.6) is 0 Å². The van der Waals surface area contributed by atoms with Crippen LogP contribution >= 0.6 is 46.8 Å². The molecule has 0 radical (unpaired) electrons. The number of ether oxygens (including phenoxy) is 1. The zero-order valence-electron chi connectivity index (χ0n) is 17.4. The summed E-state index contributed by atoms with van der Waals surface area (Å²) >= 11 is 19.6. The SMILES string of the molecule is CCOC(=O)c1c(NC(=S)Nc2cnn(Cc3c(Cl)cccc3Cl)c2)sc2c1CCCC2. The number of nitrogens with one attached hydrogen (secondary N) is 2. The first-order chi connectivity index (χ1) is 15.5. The van der Waals surface area contributed by atoms with Crippen molar-refractivity contribution in [3.8, 4) is 0 Å². The highest BCUT2D eigenvalue weighted by molar-refractivity contribution is 7.80. The molecule has 1 aromatic carbocycles. The van der Waals surface area contributed by atoms with E-state index < -0.39 is 0 Å². The molecule has 0 bridgehead atoms. The number of carbonyl (C=O) groups excluding carboxylic acids is 1. The van der Waals surface area contributed by atoms with Crippen molar-refractivity contribution in [3.63, 3.8) is 0 Å². The van der Waals surface area contributed by atoms with Crippen LogP contribution in [-0.4, -0.2) is 27.5 Å².